The Balaban J connectivity index is 1.96. The third-order valence-electron chi connectivity index (χ3n) is 5.59. The minimum Gasteiger partial charge on any atom is -0.395 e. The first-order valence-electron chi connectivity index (χ1n) is 8.57. The SMILES string of the molecule is CC1(C)CCCC(CN(CCO)C2CCCCC2)C1O. The van der Waals surface area contributed by atoms with E-state index in [9.17, 15) is 10.2 Å². The maximum Gasteiger partial charge on any atom is 0.0631 e. The number of aliphatic hydroxyl groups is 2. The quantitative estimate of drug-likeness (QED) is 0.815. The zero-order valence-electron chi connectivity index (χ0n) is 13.4. The molecule has 0 radical (unpaired) electrons. The topological polar surface area (TPSA) is 43.7 Å². The lowest BCUT2D eigenvalue weighted by Gasteiger charge is -2.44. The summed E-state index contributed by atoms with van der Waals surface area (Å²) in [5, 5.41) is 20.0. The van der Waals surface area contributed by atoms with Crippen LogP contribution in [-0.4, -0.2) is 47.0 Å². The molecule has 2 aliphatic rings. The van der Waals surface area contributed by atoms with Gasteiger partial charge in [0.15, 0.2) is 0 Å². The van der Waals surface area contributed by atoms with E-state index in [-0.39, 0.29) is 18.1 Å². The van der Waals surface area contributed by atoms with Crippen LogP contribution in [0.1, 0.15) is 65.2 Å². The van der Waals surface area contributed by atoms with Gasteiger partial charge in [-0.3, -0.25) is 4.90 Å². The van der Waals surface area contributed by atoms with E-state index in [0.29, 0.717) is 12.0 Å². The molecule has 0 spiro atoms. The Morgan fingerprint density at radius 3 is 2.40 bits per heavy atom. The van der Waals surface area contributed by atoms with Crippen LogP contribution in [0.3, 0.4) is 0 Å². The molecule has 2 aliphatic carbocycles. The van der Waals surface area contributed by atoms with Gasteiger partial charge in [-0.2, -0.15) is 0 Å². The maximum atomic E-state index is 10.6. The highest BCUT2D eigenvalue weighted by Gasteiger charge is 2.38. The van der Waals surface area contributed by atoms with E-state index in [0.717, 1.165) is 25.9 Å². The van der Waals surface area contributed by atoms with Crippen LogP contribution in [0.2, 0.25) is 0 Å². The first-order chi connectivity index (χ1) is 9.54. The molecule has 0 heterocycles. The lowest BCUT2D eigenvalue weighted by molar-refractivity contribution is -0.0498. The van der Waals surface area contributed by atoms with Gasteiger partial charge in [-0.1, -0.05) is 39.5 Å². The molecule has 0 aromatic heterocycles. The van der Waals surface area contributed by atoms with Crippen LogP contribution in [0, 0.1) is 11.3 Å². The monoisotopic (exact) mass is 283 g/mol. The van der Waals surface area contributed by atoms with Crippen molar-refractivity contribution in [1.82, 2.24) is 4.90 Å². The van der Waals surface area contributed by atoms with Crippen molar-refractivity contribution in [2.45, 2.75) is 77.4 Å². The highest BCUT2D eigenvalue weighted by molar-refractivity contribution is 4.90. The van der Waals surface area contributed by atoms with Crippen LogP contribution >= 0.6 is 0 Å². The fraction of sp³-hybridized carbons (Fsp3) is 1.00. The smallest absolute Gasteiger partial charge is 0.0631 e. The summed E-state index contributed by atoms with van der Waals surface area (Å²) in [4.78, 5) is 2.47. The average molecular weight is 283 g/mol. The molecule has 20 heavy (non-hydrogen) atoms. The molecule has 0 saturated heterocycles. The third-order valence-corrected chi connectivity index (χ3v) is 5.59. The second-order valence-electron chi connectivity index (χ2n) is 7.60. The largest absolute Gasteiger partial charge is 0.395 e. The number of rotatable bonds is 5. The summed E-state index contributed by atoms with van der Waals surface area (Å²) in [6.07, 6.45) is 9.86. The van der Waals surface area contributed by atoms with E-state index in [4.69, 9.17) is 0 Å². The number of aliphatic hydroxyl groups excluding tert-OH is 2. The van der Waals surface area contributed by atoms with Crippen LogP contribution in [0.5, 0.6) is 0 Å². The van der Waals surface area contributed by atoms with Crippen molar-refractivity contribution in [1.29, 1.82) is 0 Å². The summed E-state index contributed by atoms with van der Waals surface area (Å²) < 4.78 is 0. The average Bonchev–Trinajstić information content (AvgIpc) is 2.44. The van der Waals surface area contributed by atoms with Crippen LogP contribution < -0.4 is 0 Å². The number of hydrogen-bond acceptors (Lipinski definition) is 3. The molecule has 2 rings (SSSR count). The van der Waals surface area contributed by atoms with Gasteiger partial charge in [0.1, 0.15) is 0 Å². The van der Waals surface area contributed by atoms with E-state index in [1.165, 1.54) is 38.5 Å². The molecule has 0 amide bonds. The predicted molar refractivity (Wildman–Crippen MR) is 82.7 cm³/mol. The summed E-state index contributed by atoms with van der Waals surface area (Å²) in [6, 6.07) is 0.633. The Kier molecular flexibility index (Phi) is 5.88. The standard InChI is InChI=1S/C17H33NO2/c1-17(2)10-6-7-14(16(17)20)13-18(11-12-19)15-8-4-3-5-9-15/h14-16,19-20H,3-13H2,1-2H3. The molecule has 2 N–H and O–H groups in total. The summed E-state index contributed by atoms with van der Waals surface area (Å²) in [6.45, 7) is 6.37. The van der Waals surface area contributed by atoms with E-state index >= 15 is 0 Å². The predicted octanol–water partition coefficient (Wildman–Crippen LogP) is 2.80. The molecular formula is C17H33NO2. The molecule has 2 atom stereocenters. The Bertz CT molecular complexity index is 287. The van der Waals surface area contributed by atoms with Gasteiger partial charge in [0.25, 0.3) is 0 Å². The van der Waals surface area contributed by atoms with Gasteiger partial charge in [0, 0.05) is 19.1 Å². The second-order valence-corrected chi connectivity index (χ2v) is 7.60. The van der Waals surface area contributed by atoms with Gasteiger partial charge in [-0.15, -0.1) is 0 Å². The first kappa shape index (κ1) is 16.3. The summed E-state index contributed by atoms with van der Waals surface area (Å²) in [7, 11) is 0. The summed E-state index contributed by atoms with van der Waals surface area (Å²) >= 11 is 0. The van der Waals surface area contributed by atoms with Crippen molar-refractivity contribution in [3.8, 4) is 0 Å². The van der Waals surface area contributed by atoms with Crippen molar-refractivity contribution in [2.24, 2.45) is 11.3 Å². The lowest BCUT2D eigenvalue weighted by atomic mass is 9.69. The fourth-order valence-electron chi connectivity index (χ4n) is 4.25. The van der Waals surface area contributed by atoms with Gasteiger partial charge in [-0.05, 0) is 37.0 Å². The molecule has 2 fully saturated rings. The molecule has 2 saturated carbocycles. The normalized spacial score (nSPS) is 31.6. The molecule has 0 bridgehead atoms. The fourth-order valence-corrected chi connectivity index (χ4v) is 4.25. The zero-order chi connectivity index (χ0) is 14.6. The highest BCUT2D eigenvalue weighted by atomic mass is 16.3. The van der Waals surface area contributed by atoms with Gasteiger partial charge >= 0.3 is 0 Å². The van der Waals surface area contributed by atoms with E-state index < -0.39 is 0 Å². The van der Waals surface area contributed by atoms with Gasteiger partial charge in [0.2, 0.25) is 0 Å². The third kappa shape index (κ3) is 3.96. The summed E-state index contributed by atoms with van der Waals surface area (Å²) in [5.74, 6) is 0.382. The Morgan fingerprint density at radius 2 is 1.75 bits per heavy atom. The van der Waals surface area contributed by atoms with E-state index in [1.807, 2.05) is 0 Å². The molecule has 2 unspecified atom stereocenters. The highest BCUT2D eigenvalue weighted by Crippen LogP contribution is 2.39. The van der Waals surface area contributed by atoms with E-state index in [1.54, 1.807) is 0 Å². The van der Waals surface area contributed by atoms with Crippen LogP contribution in [0.15, 0.2) is 0 Å². The number of hydrogen-bond donors (Lipinski definition) is 2. The van der Waals surface area contributed by atoms with Crippen molar-refractivity contribution < 1.29 is 10.2 Å². The molecule has 3 heteroatoms. The van der Waals surface area contributed by atoms with Crippen molar-refractivity contribution in [3.05, 3.63) is 0 Å². The lowest BCUT2D eigenvalue weighted by Crippen LogP contribution is -2.48. The minimum atomic E-state index is -0.193. The Morgan fingerprint density at radius 1 is 1.05 bits per heavy atom. The Hall–Kier alpha value is -0.120. The first-order valence-corrected chi connectivity index (χ1v) is 8.57. The molecule has 0 aromatic rings. The van der Waals surface area contributed by atoms with Crippen molar-refractivity contribution in [3.63, 3.8) is 0 Å². The second kappa shape index (κ2) is 7.24. The molecular weight excluding hydrogens is 250 g/mol. The maximum absolute atomic E-state index is 10.6. The Labute approximate surface area is 124 Å². The molecule has 0 aromatic carbocycles. The van der Waals surface area contributed by atoms with Crippen LogP contribution in [0.25, 0.3) is 0 Å². The summed E-state index contributed by atoms with van der Waals surface area (Å²) in [5.41, 5.74) is 0.0559. The van der Waals surface area contributed by atoms with E-state index in [2.05, 4.69) is 18.7 Å². The van der Waals surface area contributed by atoms with Crippen LogP contribution in [0.4, 0.5) is 0 Å². The minimum absolute atomic E-state index is 0.0559. The number of nitrogens with zero attached hydrogens (tertiary/aromatic N) is 1. The zero-order valence-corrected chi connectivity index (χ0v) is 13.4. The molecule has 0 aliphatic heterocycles. The van der Waals surface area contributed by atoms with Crippen molar-refractivity contribution in [2.75, 3.05) is 19.7 Å². The van der Waals surface area contributed by atoms with Crippen molar-refractivity contribution >= 4 is 0 Å². The van der Waals surface area contributed by atoms with Gasteiger partial charge < -0.3 is 10.2 Å². The molecule has 3 nitrogen and oxygen atoms in total. The van der Waals surface area contributed by atoms with Gasteiger partial charge in [0.05, 0.1) is 12.7 Å². The van der Waals surface area contributed by atoms with Gasteiger partial charge in [-0.25, -0.2) is 0 Å². The molecule has 118 valence electrons. The van der Waals surface area contributed by atoms with Crippen LogP contribution in [-0.2, 0) is 0 Å².